The van der Waals surface area contributed by atoms with Gasteiger partial charge in [-0.15, -0.1) is 0 Å². The van der Waals surface area contributed by atoms with Crippen molar-refractivity contribution in [3.05, 3.63) is 29.8 Å². The van der Waals surface area contributed by atoms with E-state index in [1.54, 1.807) is 0 Å². The van der Waals surface area contributed by atoms with Crippen LogP contribution >= 0.6 is 0 Å². The summed E-state index contributed by atoms with van der Waals surface area (Å²) in [5, 5.41) is 0. The highest BCUT2D eigenvalue weighted by molar-refractivity contribution is 5.24. The Morgan fingerprint density at radius 1 is 1.31 bits per heavy atom. The summed E-state index contributed by atoms with van der Waals surface area (Å²) in [6.45, 7) is 4.35. The maximum atomic E-state index is 12.9. The second-order valence-corrected chi connectivity index (χ2v) is 3.28. The van der Waals surface area contributed by atoms with Gasteiger partial charge < -0.3 is 4.74 Å². The first kappa shape index (κ1) is 9.96. The minimum atomic E-state index is -0.652. The van der Waals surface area contributed by atoms with E-state index in [1.807, 2.05) is 13.8 Å². The molecule has 0 amide bonds. The Hall–Kier alpha value is -1.12. The molecule has 0 aliphatic heterocycles. The molecule has 0 bridgehead atoms. The lowest BCUT2D eigenvalue weighted by atomic mass is 10.2. The molecule has 0 atom stereocenters. The number of hydrogen-bond acceptors (Lipinski definition) is 1. The fourth-order valence-corrected chi connectivity index (χ4v) is 0.849. The fraction of sp³-hybridized carbons (Fsp3) is 0.400. The van der Waals surface area contributed by atoms with Gasteiger partial charge in [0.1, 0.15) is 5.82 Å². The highest BCUT2D eigenvalue weighted by Gasteiger charge is 2.04. The SMILES string of the molecule is CC(C)COc1ccc(F)cc1F. The number of rotatable bonds is 3. The average Bonchev–Trinajstić information content (AvgIpc) is 2.02. The molecule has 13 heavy (non-hydrogen) atoms. The topological polar surface area (TPSA) is 9.23 Å². The van der Waals surface area contributed by atoms with Crippen LogP contribution in [0.15, 0.2) is 18.2 Å². The Balaban J connectivity index is 2.67. The highest BCUT2D eigenvalue weighted by Crippen LogP contribution is 2.17. The van der Waals surface area contributed by atoms with E-state index < -0.39 is 11.6 Å². The van der Waals surface area contributed by atoms with Gasteiger partial charge in [-0.2, -0.15) is 0 Å². The quantitative estimate of drug-likeness (QED) is 0.705. The van der Waals surface area contributed by atoms with Crippen molar-refractivity contribution in [2.24, 2.45) is 5.92 Å². The number of ether oxygens (including phenoxy) is 1. The van der Waals surface area contributed by atoms with Crippen LogP contribution in [-0.2, 0) is 0 Å². The number of halogens is 2. The second-order valence-electron chi connectivity index (χ2n) is 3.28. The van der Waals surface area contributed by atoms with Gasteiger partial charge in [-0.25, -0.2) is 8.78 Å². The van der Waals surface area contributed by atoms with Gasteiger partial charge in [-0.1, -0.05) is 13.8 Å². The third-order valence-corrected chi connectivity index (χ3v) is 1.47. The average molecular weight is 186 g/mol. The molecule has 0 aromatic heterocycles. The van der Waals surface area contributed by atoms with Crippen molar-refractivity contribution in [3.63, 3.8) is 0 Å². The number of hydrogen-bond donors (Lipinski definition) is 0. The Morgan fingerprint density at radius 2 is 2.00 bits per heavy atom. The van der Waals surface area contributed by atoms with Crippen LogP contribution in [0.25, 0.3) is 0 Å². The van der Waals surface area contributed by atoms with E-state index in [4.69, 9.17) is 4.74 Å². The molecule has 0 fully saturated rings. The van der Waals surface area contributed by atoms with Crippen LogP contribution in [0.3, 0.4) is 0 Å². The predicted octanol–water partition coefficient (Wildman–Crippen LogP) is 3.00. The van der Waals surface area contributed by atoms with Crippen LogP contribution in [0.4, 0.5) is 8.78 Å². The lowest BCUT2D eigenvalue weighted by Crippen LogP contribution is -2.05. The summed E-state index contributed by atoms with van der Waals surface area (Å²) < 4.78 is 30.5. The summed E-state index contributed by atoms with van der Waals surface area (Å²) in [6, 6.07) is 3.29. The molecule has 0 aliphatic carbocycles. The van der Waals surface area contributed by atoms with Gasteiger partial charge in [0.15, 0.2) is 11.6 Å². The van der Waals surface area contributed by atoms with Crippen molar-refractivity contribution in [1.29, 1.82) is 0 Å². The first-order valence-corrected chi connectivity index (χ1v) is 4.17. The summed E-state index contributed by atoms with van der Waals surface area (Å²) in [5.41, 5.74) is 0. The molecule has 0 heterocycles. The molecule has 3 heteroatoms. The van der Waals surface area contributed by atoms with E-state index in [-0.39, 0.29) is 5.75 Å². The summed E-state index contributed by atoms with van der Waals surface area (Å²) >= 11 is 0. The zero-order chi connectivity index (χ0) is 9.84. The van der Waals surface area contributed by atoms with Crippen molar-refractivity contribution >= 4 is 0 Å². The van der Waals surface area contributed by atoms with Gasteiger partial charge in [0.25, 0.3) is 0 Å². The first-order chi connectivity index (χ1) is 6.09. The van der Waals surface area contributed by atoms with Gasteiger partial charge >= 0.3 is 0 Å². The Bertz CT molecular complexity index is 284. The van der Waals surface area contributed by atoms with Gasteiger partial charge in [0.2, 0.25) is 0 Å². The lowest BCUT2D eigenvalue weighted by molar-refractivity contribution is 0.258. The number of benzene rings is 1. The molecule has 1 nitrogen and oxygen atoms in total. The van der Waals surface area contributed by atoms with Crippen LogP contribution in [0, 0.1) is 17.6 Å². The second kappa shape index (κ2) is 4.21. The van der Waals surface area contributed by atoms with Crippen LogP contribution in [0.2, 0.25) is 0 Å². The molecular formula is C10H12F2O. The highest BCUT2D eigenvalue weighted by atomic mass is 19.1. The molecule has 1 aromatic carbocycles. The Morgan fingerprint density at radius 3 is 2.54 bits per heavy atom. The standard InChI is InChI=1S/C10H12F2O/c1-7(2)6-13-10-4-3-8(11)5-9(10)12/h3-5,7H,6H2,1-2H3. The maximum absolute atomic E-state index is 12.9. The van der Waals surface area contributed by atoms with E-state index in [0.717, 1.165) is 6.07 Å². The van der Waals surface area contributed by atoms with Crippen molar-refractivity contribution in [2.75, 3.05) is 6.61 Å². The fourth-order valence-electron chi connectivity index (χ4n) is 0.849. The van der Waals surface area contributed by atoms with Crippen LogP contribution < -0.4 is 4.74 Å². The van der Waals surface area contributed by atoms with Crippen LogP contribution in [0.5, 0.6) is 5.75 Å². The van der Waals surface area contributed by atoms with E-state index >= 15 is 0 Å². The predicted molar refractivity (Wildman–Crippen MR) is 46.7 cm³/mol. The van der Waals surface area contributed by atoms with Crippen molar-refractivity contribution in [3.8, 4) is 5.75 Å². The molecule has 72 valence electrons. The van der Waals surface area contributed by atoms with E-state index in [1.165, 1.54) is 12.1 Å². The van der Waals surface area contributed by atoms with Crippen molar-refractivity contribution in [1.82, 2.24) is 0 Å². The summed E-state index contributed by atoms with van der Waals surface area (Å²) in [6.07, 6.45) is 0. The van der Waals surface area contributed by atoms with E-state index in [9.17, 15) is 8.78 Å². The van der Waals surface area contributed by atoms with Gasteiger partial charge in [-0.3, -0.25) is 0 Å². The third-order valence-electron chi connectivity index (χ3n) is 1.47. The Kier molecular flexibility index (Phi) is 3.23. The molecule has 0 unspecified atom stereocenters. The molecule has 0 N–H and O–H groups in total. The largest absolute Gasteiger partial charge is 0.490 e. The van der Waals surface area contributed by atoms with Gasteiger partial charge in [-0.05, 0) is 18.1 Å². The molecule has 0 radical (unpaired) electrons. The summed E-state index contributed by atoms with van der Waals surface area (Å²) in [5.74, 6) is -0.811. The zero-order valence-electron chi connectivity index (χ0n) is 7.68. The Labute approximate surface area is 76.3 Å². The molecule has 0 saturated heterocycles. The summed E-state index contributed by atoms with van der Waals surface area (Å²) in [7, 11) is 0. The van der Waals surface area contributed by atoms with Crippen molar-refractivity contribution < 1.29 is 13.5 Å². The maximum Gasteiger partial charge on any atom is 0.167 e. The van der Waals surface area contributed by atoms with Crippen molar-refractivity contribution in [2.45, 2.75) is 13.8 Å². The van der Waals surface area contributed by atoms with Crippen LogP contribution in [-0.4, -0.2) is 6.61 Å². The smallest absolute Gasteiger partial charge is 0.167 e. The minimum Gasteiger partial charge on any atom is -0.490 e. The van der Waals surface area contributed by atoms with Gasteiger partial charge in [0.05, 0.1) is 6.61 Å². The summed E-state index contributed by atoms with van der Waals surface area (Å²) in [4.78, 5) is 0. The minimum absolute atomic E-state index is 0.107. The zero-order valence-corrected chi connectivity index (χ0v) is 7.68. The normalized spacial score (nSPS) is 10.5. The molecule has 1 rings (SSSR count). The monoisotopic (exact) mass is 186 g/mol. The van der Waals surface area contributed by atoms with E-state index in [0.29, 0.717) is 12.5 Å². The first-order valence-electron chi connectivity index (χ1n) is 4.17. The van der Waals surface area contributed by atoms with Gasteiger partial charge in [0, 0.05) is 6.07 Å². The molecule has 0 spiro atoms. The molecule has 1 aromatic rings. The molecular weight excluding hydrogens is 174 g/mol. The lowest BCUT2D eigenvalue weighted by Gasteiger charge is -2.08. The molecule has 0 aliphatic rings. The molecule has 0 saturated carbocycles. The van der Waals surface area contributed by atoms with Crippen LogP contribution in [0.1, 0.15) is 13.8 Å². The van der Waals surface area contributed by atoms with E-state index in [2.05, 4.69) is 0 Å². The third kappa shape index (κ3) is 3.01.